The van der Waals surface area contributed by atoms with Gasteiger partial charge in [-0.05, 0) is 19.4 Å². The van der Waals surface area contributed by atoms with Crippen LogP contribution in [0, 0.1) is 6.92 Å². The van der Waals surface area contributed by atoms with Gasteiger partial charge >= 0.3 is 0 Å². The van der Waals surface area contributed by atoms with Crippen LogP contribution in [0.15, 0.2) is 24.7 Å². The van der Waals surface area contributed by atoms with Crippen LogP contribution in [0.2, 0.25) is 0 Å². The minimum atomic E-state index is -0.171. The fourth-order valence-corrected chi connectivity index (χ4v) is 2.23. The molecule has 0 aliphatic heterocycles. The highest BCUT2D eigenvalue weighted by Crippen LogP contribution is 2.19. The van der Waals surface area contributed by atoms with Crippen LogP contribution in [-0.2, 0) is 0 Å². The Kier molecular flexibility index (Phi) is 4.46. The molecule has 2 aromatic heterocycles. The molecule has 0 fully saturated rings. The van der Waals surface area contributed by atoms with E-state index >= 15 is 0 Å². The predicted molar refractivity (Wildman–Crippen MR) is 77.8 cm³/mol. The normalized spacial score (nSPS) is 10.2. The number of thiazole rings is 1. The van der Waals surface area contributed by atoms with Crippen LogP contribution in [0.25, 0.3) is 0 Å². The van der Waals surface area contributed by atoms with Crippen LogP contribution in [0.3, 0.4) is 0 Å². The highest BCUT2D eigenvalue weighted by molar-refractivity contribution is 7.15. The first-order chi connectivity index (χ1) is 9.20. The first kappa shape index (κ1) is 13.5. The lowest BCUT2D eigenvalue weighted by molar-refractivity contribution is 0.102. The maximum absolute atomic E-state index is 12.2. The van der Waals surface area contributed by atoms with Gasteiger partial charge in [0, 0.05) is 23.8 Å². The van der Waals surface area contributed by atoms with Crippen LogP contribution in [0.5, 0.6) is 0 Å². The summed E-state index contributed by atoms with van der Waals surface area (Å²) in [6.45, 7) is 4.83. The predicted octanol–water partition coefficient (Wildman–Crippen LogP) is 2.92. The highest BCUT2D eigenvalue weighted by atomic mass is 32.1. The summed E-state index contributed by atoms with van der Waals surface area (Å²) in [7, 11) is 0. The van der Waals surface area contributed by atoms with E-state index in [4.69, 9.17) is 0 Å². The van der Waals surface area contributed by atoms with E-state index in [2.05, 4.69) is 27.5 Å². The van der Waals surface area contributed by atoms with Gasteiger partial charge in [-0.1, -0.05) is 6.92 Å². The molecule has 2 heterocycles. The van der Waals surface area contributed by atoms with Crippen molar-refractivity contribution in [3.05, 3.63) is 35.1 Å². The van der Waals surface area contributed by atoms with Crippen molar-refractivity contribution in [2.75, 3.05) is 17.2 Å². The summed E-state index contributed by atoms with van der Waals surface area (Å²) in [5.41, 5.74) is 1.33. The molecule has 0 aromatic carbocycles. The third-order valence-electron chi connectivity index (χ3n) is 2.47. The zero-order valence-corrected chi connectivity index (χ0v) is 11.8. The molecule has 2 aromatic rings. The topological polar surface area (TPSA) is 66.9 Å². The molecular formula is C13H16N4OS. The van der Waals surface area contributed by atoms with Gasteiger partial charge in [0.25, 0.3) is 5.91 Å². The second kappa shape index (κ2) is 6.29. The largest absolute Gasteiger partial charge is 0.383 e. The Labute approximate surface area is 116 Å². The van der Waals surface area contributed by atoms with Gasteiger partial charge in [-0.2, -0.15) is 0 Å². The van der Waals surface area contributed by atoms with E-state index in [0.717, 1.165) is 23.5 Å². The molecule has 1 amide bonds. The highest BCUT2D eigenvalue weighted by Gasteiger charge is 2.12. The van der Waals surface area contributed by atoms with Crippen molar-refractivity contribution in [3.63, 3.8) is 0 Å². The molecule has 100 valence electrons. The van der Waals surface area contributed by atoms with Crippen LogP contribution in [0.1, 0.15) is 28.6 Å². The van der Waals surface area contributed by atoms with Crippen molar-refractivity contribution in [2.24, 2.45) is 0 Å². The average molecular weight is 276 g/mol. The lowest BCUT2D eigenvalue weighted by Crippen LogP contribution is -2.15. The molecule has 2 N–H and O–H groups in total. The Morgan fingerprint density at radius 3 is 2.95 bits per heavy atom. The molecule has 0 aliphatic rings. The molecule has 5 nitrogen and oxygen atoms in total. The molecule has 0 saturated heterocycles. The summed E-state index contributed by atoms with van der Waals surface area (Å²) in [6, 6.07) is 1.70. The molecule has 0 bridgehead atoms. The Morgan fingerprint density at radius 2 is 2.26 bits per heavy atom. The SMILES string of the molecule is CCCNc1cnccc1C(=O)Nc1ncc(C)s1. The molecule has 2 rings (SSSR count). The molecular weight excluding hydrogens is 260 g/mol. The van der Waals surface area contributed by atoms with Crippen molar-refractivity contribution in [1.29, 1.82) is 0 Å². The number of hydrogen-bond acceptors (Lipinski definition) is 5. The lowest BCUT2D eigenvalue weighted by atomic mass is 10.2. The van der Waals surface area contributed by atoms with E-state index in [-0.39, 0.29) is 5.91 Å². The van der Waals surface area contributed by atoms with Gasteiger partial charge in [-0.3, -0.25) is 15.1 Å². The fraction of sp³-hybridized carbons (Fsp3) is 0.308. The van der Waals surface area contributed by atoms with Gasteiger partial charge in [0.15, 0.2) is 5.13 Å². The Morgan fingerprint density at radius 1 is 1.42 bits per heavy atom. The molecule has 0 atom stereocenters. The number of nitrogens with zero attached hydrogens (tertiary/aromatic N) is 2. The van der Waals surface area contributed by atoms with Crippen molar-refractivity contribution in [3.8, 4) is 0 Å². The van der Waals surface area contributed by atoms with E-state index < -0.39 is 0 Å². The van der Waals surface area contributed by atoms with Crippen LogP contribution >= 0.6 is 11.3 Å². The zero-order valence-electron chi connectivity index (χ0n) is 10.9. The van der Waals surface area contributed by atoms with Crippen LogP contribution < -0.4 is 10.6 Å². The van der Waals surface area contributed by atoms with Gasteiger partial charge in [0.2, 0.25) is 0 Å². The Bertz CT molecular complexity index is 567. The summed E-state index contributed by atoms with van der Waals surface area (Å²) in [4.78, 5) is 21.4. The summed E-state index contributed by atoms with van der Waals surface area (Å²) < 4.78 is 0. The number of rotatable bonds is 5. The van der Waals surface area contributed by atoms with Crippen molar-refractivity contribution in [1.82, 2.24) is 9.97 Å². The molecule has 19 heavy (non-hydrogen) atoms. The van der Waals surface area contributed by atoms with E-state index in [1.54, 1.807) is 24.7 Å². The third-order valence-corrected chi connectivity index (χ3v) is 3.30. The number of carbonyl (C=O) groups is 1. The maximum atomic E-state index is 12.2. The number of aromatic nitrogens is 2. The number of pyridine rings is 1. The lowest BCUT2D eigenvalue weighted by Gasteiger charge is -2.09. The van der Waals surface area contributed by atoms with Crippen molar-refractivity contribution < 1.29 is 4.79 Å². The molecule has 0 saturated carbocycles. The van der Waals surface area contributed by atoms with E-state index in [0.29, 0.717) is 10.7 Å². The van der Waals surface area contributed by atoms with Crippen molar-refractivity contribution >= 4 is 28.1 Å². The van der Waals surface area contributed by atoms with Crippen molar-refractivity contribution in [2.45, 2.75) is 20.3 Å². The smallest absolute Gasteiger partial charge is 0.259 e. The number of amides is 1. The van der Waals surface area contributed by atoms with Gasteiger partial charge in [0.1, 0.15) is 0 Å². The number of carbonyl (C=O) groups excluding carboxylic acids is 1. The molecule has 0 aliphatic carbocycles. The van der Waals surface area contributed by atoms with E-state index in [1.165, 1.54) is 11.3 Å². The zero-order chi connectivity index (χ0) is 13.7. The minimum Gasteiger partial charge on any atom is -0.383 e. The third kappa shape index (κ3) is 3.51. The molecule has 6 heteroatoms. The van der Waals surface area contributed by atoms with Gasteiger partial charge < -0.3 is 5.32 Å². The minimum absolute atomic E-state index is 0.171. The Hall–Kier alpha value is -1.95. The van der Waals surface area contributed by atoms with Crippen LogP contribution in [0.4, 0.5) is 10.8 Å². The number of anilines is 2. The summed E-state index contributed by atoms with van der Waals surface area (Å²) >= 11 is 1.46. The molecule has 0 radical (unpaired) electrons. The van der Waals surface area contributed by atoms with Crippen LogP contribution in [-0.4, -0.2) is 22.4 Å². The summed E-state index contributed by atoms with van der Waals surface area (Å²) in [6.07, 6.45) is 6.00. The maximum Gasteiger partial charge on any atom is 0.259 e. The number of aryl methyl sites for hydroxylation is 1. The second-order valence-electron chi connectivity index (χ2n) is 4.08. The number of hydrogen-bond donors (Lipinski definition) is 2. The van der Waals surface area contributed by atoms with Gasteiger partial charge in [0.05, 0.1) is 17.4 Å². The molecule has 0 unspecified atom stereocenters. The first-order valence-electron chi connectivity index (χ1n) is 6.12. The fourth-order valence-electron chi connectivity index (χ4n) is 1.57. The second-order valence-corrected chi connectivity index (χ2v) is 5.31. The monoisotopic (exact) mass is 276 g/mol. The quantitative estimate of drug-likeness (QED) is 0.881. The Balaban J connectivity index is 2.14. The summed E-state index contributed by atoms with van der Waals surface area (Å²) in [5.74, 6) is -0.171. The first-order valence-corrected chi connectivity index (χ1v) is 6.94. The number of nitrogens with one attached hydrogen (secondary N) is 2. The van der Waals surface area contributed by atoms with E-state index in [1.807, 2.05) is 6.92 Å². The standard InChI is InChI=1S/C13H16N4OS/c1-3-5-15-11-8-14-6-4-10(11)12(18)17-13-16-7-9(2)19-13/h4,6-8,15H,3,5H2,1-2H3,(H,16,17,18). The van der Waals surface area contributed by atoms with Gasteiger partial charge in [-0.25, -0.2) is 4.98 Å². The molecule has 0 spiro atoms. The summed E-state index contributed by atoms with van der Waals surface area (Å²) in [5, 5.41) is 6.60. The average Bonchev–Trinajstić information content (AvgIpc) is 2.82. The van der Waals surface area contributed by atoms with E-state index in [9.17, 15) is 4.79 Å². The van der Waals surface area contributed by atoms with Gasteiger partial charge in [-0.15, -0.1) is 11.3 Å².